The van der Waals surface area contributed by atoms with E-state index in [0.29, 0.717) is 0 Å². The number of para-hydroxylation sites is 1. The Morgan fingerprint density at radius 2 is 1.86 bits per heavy atom. The SMILES string of the molecule is C[C@H](C(=O)Nc1ccccc1F)[NH+](C)CC(=O)NC(C)(C)C. The van der Waals surface area contributed by atoms with Crippen molar-refractivity contribution >= 4 is 17.5 Å². The normalized spacial score (nSPS) is 14.1. The smallest absolute Gasteiger partial charge is 0.282 e. The first kappa shape index (κ1) is 18.1. The molecule has 0 aliphatic rings. The number of halogens is 1. The van der Waals surface area contributed by atoms with Crippen LogP contribution in [0.4, 0.5) is 10.1 Å². The highest BCUT2D eigenvalue weighted by Crippen LogP contribution is 2.12. The molecule has 2 atom stereocenters. The lowest BCUT2D eigenvalue weighted by Gasteiger charge is -2.24. The third kappa shape index (κ3) is 5.81. The number of amides is 2. The standard InChI is InChI=1S/C16H24FN3O2/c1-11(20(5)10-14(21)19-16(2,3)4)15(22)18-13-9-7-6-8-12(13)17/h6-9,11H,10H2,1-5H3,(H,18,22)(H,19,21)/p+1/t11-/m1/s1. The molecule has 3 N–H and O–H groups in total. The average molecular weight is 310 g/mol. The maximum Gasteiger partial charge on any atom is 0.282 e. The van der Waals surface area contributed by atoms with Gasteiger partial charge in [-0.2, -0.15) is 0 Å². The monoisotopic (exact) mass is 310 g/mol. The van der Waals surface area contributed by atoms with E-state index >= 15 is 0 Å². The molecule has 1 aromatic rings. The summed E-state index contributed by atoms with van der Waals surface area (Å²) in [5.74, 6) is -0.937. The van der Waals surface area contributed by atoms with Crippen molar-refractivity contribution in [2.24, 2.45) is 0 Å². The van der Waals surface area contributed by atoms with Gasteiger partial charge in [-0.15, -0.1) is 0 Å². The second-order valence-corrected chi connectivity index (χ2v) is 6.51. The highest BCUT2D eigenvalue weighted by atomic mass is 19.1. The number of hydrogen-bond acceptors (Lipinski definition) is 2. The van der Waals surface area contributed by atoms with Crippen molar-refractivity contribution in [3.05, 3.63) is 30.1 Å². The van der Waals surface area contributed by atoms with Crippen LogP contribution >= 0.6 is 0 Å². The Balaban J connectivity index is 2.59. The first-order valence-corrected chi connectivity index (χ1v) is 7.29. The minimum atomic E-state index is -0.481. The predicted octanol–water partition coefficient (Wildman–Crippen LogP) is 0.582. The zero-order valence-electron chi connectivity index (χ0n) is 13.8. The molecular formula is C16H25FN3O2+. The summed E-state index contributed by atoms with van der Waals surface area (Å²) < 4.78 is 13.5. The summed E-state index contributed by atoms with van der Waals surface area (Å²) in [6.07, 6.45) is 0. The maximum atomic E-state index is 13.5. The molecule has 1 rings (SSSR count). The molecule has 1 aromatic carbocycles. The van der Waals surface area contributed by atoms with Crippen LogP contribution in [0.3, 0.4) is 0 Å². The number of likely N-dealkylation sites (N-methyl/N-ethyl adjacent to an activating group) is 1. The third-order valence-electron chi connectivity index (χ3n) is 3.22. The van der Waals surface area contributed by atoms with Crippen LogP contribution in [0.15, 0.2) is 24.3 Å². The molecule has 0 bridgehead atoms. The fourth-order valence-electron chi connectivity index (χ4n) is 1.90. The molecule has 0 aliphatic heterocycles. The molecule has 2 amide bonds. The van der Waals surface area contributed by atoms with E-state index in [-0.39, 0.29) is 29.6 Å². The van der Waals surface area contributed by atoms with Gasteiger partial charge in [0, 0.05) is 5.54 Å². The summed E-state index contributed by atoms with van der Waals surface area (Å²) >= 11 is 0. The number of benzene rings is 1. The average Bonchev–Trinajstić information content (AvgIpc) is 2.38. The van der Waals surface area contributed by atoms with Crippen molar-refractivity contribution in [1.29, 1.82) is 0 Å². The van der Waals surface area contributed by atoms with E-state index in [9.17, 15) is 14.0 Å². The van der Waals surface area contributed by atoms with Gasteiger partial charge < -0.3 is 15.5 Å². The lowest BCUT2D eigenvalue weighted by Crippen LogP contribution is -3.15. The Bertz CT molecular complexity index is 540. The molecule has 22 heavy (non-hydrogen) atoms. The van der Waals surface area contributed by atoms with Crippen molar-refractivity contribution in [3.63, 3.8) is 0 Å². The van der Waals surface area contributed by atoms with Crippen LogP contribution in [0.25, 0.3) is 0 Å². The van der Waals surface area contributed by atoms with E-state index in [2.05, 4.69) is 10.6 Å². The van der Waals surface area contributed by atoms with Crippen molar-refractivity contribution in [1.82, 2.24) is 5.32 Å². The Morgan fingerprint density at radius 3 is 2.41 bits per heavy atom. The van der Waals surface area contributed by atoms with Gasteiger partial charge in [-0.05, 0) is 39.8 Å². The summed E-state index contributed by atoms with van der Waals surface area (Å²) in [6.45, 7) is 7.57. The number of carbonyl (C=O) groups excluding carboxylic acids is 2. The quantitative estimate of drug-likeness (QED) is 0.745. The topological polar surface area (TPSA) is 62.6 Å². The van der Waals surface area contributed by atoms with E-state index in [0.717, 1.165) is 4.90 Å². The predicted molar refractivity (Wildman–Crippen MR) is 84.1 cm³/mol. The Hall–Kier alpha value is -1.95. The fraction of sp³-hybridized carbons (Fsp3) is 0.500. The summed E-state index contributed by atoms with van der Waals surface area (Å²) in [5, 5.41) is 5.40. The highest BCUT2D eigenvalue weighted by molar-refractivity contribution is 5.93. The van der Waals surface area contributed by atoms with Crippen LogP contribution < -0.4 is 15.5 Å². The zero-order valence-corrected chi connectivity index (χ0v) is 13.8. The largest absolute Gasteiger partial charge is 0.347 e. The number of quaternary nitrogens is 1. The van der Waals surface area contributed by atoms with Crippen molar-refractivity contribution in [2.45, 2.75) is 39.3 Å². The molecular weight excluding hydrogens is 285 g/mol. The maximum absolute atomic E-state index is 13.5. The molecule has 122 valence electrons. The first-order valence-electron chi connectivity index (χ1n) is 7.29. The molecule has 0 aromatic heterocycles. The molecule has 0 aliphatic carbocycles. The van der Waals surface area contributed by atoms with Crippen LogP contribution in [-0.2, 0) is 9.59 Å². The van der Waals surface area contributed by atoms with Crippen LogP contribution in [0, 0.1) is 5.82 Å². The van der Waals surface area contributed by atoms with Gasteiger partial charge in [-0.25, -0.2) is 4.39 Å². The number of nitrogens with one attached hydrogen (secondary N) is 3. The third-order valence-corrected chi connectivity index (χ3v) is 3.22. The van der Waals surface area contributed by atoms with E-state index in [1.807, 2.05) is 20.8 Å². The van der Waals surface area contributed by atoms with Gasteiger partial charge in [0.15, 0.2) is 12.6 Å². The molecule has 0 saturated heterocycles. The first-order chi connectivity index (χ1) is 10.1. The van der Waals surface area contributed by atoms with Gasteiger partial charge in [-0.3, -0.25) is 9.59 Å². The lowest BCUT2D eigenvalue weighted by atomic mass is 10.1. The van der Waals surface area contributed by atoms with Gasteiger partial charge in [0.1, 0.15) is 5.82 Å². The summed E-state index contributed by atoms with van der Waals surface area (Å²) in [7, 11) is 1.76. The summed E-state index contributed by atoms with van der Waals surface area (Å²) in [4.78, 5) is 24.8. The van der Waals surface area contributed by atoms with Crippen molar-refractivity contribution in [3.8, 4) is 0 Å². The Morgan fingerprint density at radius 1 is 1.27 bits per heavy atom. The molecule has 5 nitrogen and oxygen atoms in total. The van der Waals surface area contributed by atoms with E-state index in [1.165, 1.54) is 12.1 Å². The molecule has 0 spiro atoms. The van der Waals surface area contributed by atoms with E-state index < -0.39 is 11.9 Å². The molecule has 0 radical (unpaired) electrons. The van der Waals surface area contributed by atoms with Gasteiger partial charge >= 0.3 is 0 Å². The number of carbonyl (C=O) groups is 2. The minimum absolute atomic E-state index is 0.129. The second-order valence-electron chi connectivity index (χ2n) is 6.51. The van der Waals surface area contributed by atoms with E-state index in [1.54, 1.807) is 26.1 Å². The van der Waals surface area contributed by atoms with Gasteiger partial charge in [0.25, 0.3) is 11.8 Å². The Labute approximate surface area is 130 Å². The van der Waals surface area contributed by atoms with Crippen LogP contribution in [0.5, 0.6) is 0 Å². The van der Waals surface area contributed by atoms with Crippen molar-refractivity contribution < 1.29 is 18.9 Å². The number of rotatable bonds is 5. The van der Waals surface area contributed by atoms with Gasteiger partial charge in [0.2, 0.25) is 0 Å². The van der Waals surface area contributed by atoms with Crippen LogP contribution in [0.2, 0.25) is 0 Å². The Kier molecular flexibility index (Phi) is 6.05. The molecule has 1 unspecified atom stereocenters. The number of hydrogen-bond donors (Lipinski definition) is 3. The minimum Gasteiger partial charge on any atom is -0.347 e. The second kappa shape index (κ2) is 7.35. The number of anilines is 1. The van der Waals surface area contributed by atoms with Crippen molar-refractivity contribution in [2.75, 3.05) is 18.9 Å². The highest BCUT2D eigenvalue weighted by Gasteiger charge is 2.25. The van der Waals surface area contributed by atoms with Crippen LogP contribution in [0.1, 0.15) is 27.7 Å². The summed E-state index contributed by atoms with van der Waals surface area (Å²) in [5.41, 5.74) is -0.165. The molecule has 0 saturated carbocycles. The lowest BCUT2D eigenvalue weighted by molar-refractivity contribution is -0.885. The zero-order chi connectivity index (χ0) is 16.9. The van der Waals surface area contributed by atoms with E-state index in [4.69, 9.17) is 0 Å². The van der Waals surface area contributed by atoms with Gasteiger partial charge in [-0.1, -0.05) is 12.1 Å². The molecule has 6 heteroatoms. The molecule has 0 fully saturated rings. The summed E-state index contributed by atoms with van der Waals surface area (Å²) in [6, 6.07) is 5.51. The fourth-order valence-corrected chi connectivity index (χ4v) is 1.90. The van der Waals surface area contributed by atoms with Gasteiger partial charge in [0.05, 0.1) is 12.7 Å². The molecule has 0 heterocycles. The van der Waals surface area contributed by atoms with Crippen LogP contribution in [-0.4, -0.2) is 37.0 Å².